The first kappa shape index (κ1) is 13.8. The van der Waals surface area contributed by atoms with E-state index in [2.05, 4.69) is 5.32 Å². The average Bonchev–Trinajstić information content (AvgIpc) is 2.19. The van der Waals surface area contributed by atoms with Crippen molar-refractivity contribution in [2.45, 2.75) is 20.0 Å². The molecule has 0 aromatic rings. The van der Waals surface area contributed by atoms with Gasteiger partial charge < -0.3 is 19.5 Å². The van der Waals surface area contributed by atoms with Crippen LogP contribution in [0, 0.1) is 0 Å². The highest BCUT2D eigenvalue weighted by Crippen LogP contribution is 1.88. The molecule has 0 saturated carbocycles. The van der Waals surface area contributed by atoms with Crippen molar-refractivity contribution >= 4 is 0 Å². The molecule has 0 aromatic heterocycles. The zero-order valence-corrected chi connectivity index (χ0v) is 9.54. The van der Waals surface area contributed by atoms with Crippen molar-refractivity contribution in [3.05, 3.63) is 0 Å². The second-order valence-corrected chi connectivity index (χ2v) is 3.08. The molecule has 0 rings (SSSR count). The van der Waals surface area contributed by atoms with E-state index in [0.29, 0.717) is 13.2 Å². The largest absolute Gasteiger partial charge is 0.383 e. The highest BCUT2D eigenvalue weighted by molar-refractivity contribution is 4.54. The maximum atomic E-state index is 5.50. The number of hydrogen-bond acceptors (Lipinski definition) is 4. The van der Waals surface area contributed by atoms with Crippen molar-refractivity contribution in [3.63, 3.8) is 0 Å². The van der Waals surface area contributed by atoms with Gasteiger partial charge in [-0.1, -0.05) is 0 Å². The van der Waals surface area contributed by atoms with E-state index in [1.54, 1.807) is 7.11 Å². The Bertz CT molecular complexity index is 99.5. The molecule has 14 heavy (non-hydrogen) atoms. The van der Waals surface area contributed by atoms with Gasteiger partial charge in [-0.25, -0.2) is 0 Å². The molecule has 86 valence electrons. The summed E-state index contributed by atoms with van der Waals surface area (Å²) in [6, 6.07) is 0. The quantitative estimate of drug-likeness (QED) is 0.532. The summed E-state index contributed by atoms with van der Waals surface area (Å²) in [7, 11) is 1.70. The van der Waals surface area contributed by atoms with E-state index in [4.69, 9.17) is 14.2 Å². The molecule has 0 radical (unpaired) electrons. The summed E-state index contributed by atoms with van der Waals surface area (Å²) in [6.07, 6.45) is 0.229. The SMILES string of the molecule is CCOCCOC(C)CNCCOC. The van der Waals surface area contributed by atoms with Crippen molar-refractivity contribution in [2.24, 2.45) is 0 Å². The number of hydrogen-bond donors (Lipinski definition) is 1. The van der Waals surface area contributed by atoms with Crippen LogP contribution in [0.15, 0.2) is 0 Å². The predicted molar refractivity (Wildman–Crippen MR) is 56.7 cm³/mol. The van der Waals surface area contributed by atoms with Crippen LogP contribution in [-0.2, 0) is 14.2 Å². The number of rotatable bonds is 10. The molecular formula is C10H23NO3. The molecular weight excluding hydrogens is 182 g/mol. The van der Waals surface area contributed by atoms with Crippen LogP contribution < -0.4 is 5.32 Å². The highest BCUT2D eigenvalue weighted by Gasteiger charge is 2.00. The molecule has 4 heteroatoms. The van der Waals surface area contributed by atoms with Crippen LogP contribution in [0.2, 0.25) is 0 Å². The monoisotopic (exact) mass is 205 g/mol. The Labute approximate surface area is 86.9 Å². The Balaban J connectivity index is 3.07. The van der Waals surface area contributed by atoms with Gasteiger partial charge in [0.1, 0.15) is 0 Å². The maximum Gasteiger partial charge on any atom is 0.0704 e. The zero-order valence-electron chi connectivity index (χ0n) is 9.54. The zero-order chi connectivity index (χ0) is 10.6. The minimum atomic E-state index is 0.229. The van der Waals surface area contributed by atoms with E-state index < -0.39 is 0 Å². The van der Waals surface area contributed by atoms with Crippen molar-refractivity contribution in [3.8, 4) is 0 Å². The van der Waals surface area contributed by atoms with Gasteiger partial charge in [0, 0.05) is 26.8 Å². The van der Waals surface area contributed by atoms with Crippen molar-refractivity contribution in [1.82, 2.24) is 5.32 Å². The van der Waals surface area contributed by atoms with E-state index in [1.165, 1.54) is 0 Å². The molecule has 1 unspecified atom stereocenters. The lowest BCUT2D eigenvalue weighted by atomic mass is 10.4. The first-order chi connectivity index (χ1) is 6.81. The van der Waals surface area contributed by atoms with Gasteiger partial charge in [0.25, 0.3) is 0 Å². The molecule has 0 saturated heterocycles. The summed E-state index contributed by atoms with van der Waals surface area (Å²) in [5, 5.41) is 3.24. The third-order valence-electron chi connectivity index (χ3n) is 1.75. The van der Waals surface area contributed by atoms with Crippen LogP contribution in [0.5, 0.6) is 0 Å². The van der Waals surface area contributed by atoms with E-state index in [1.807, 2.05) is 13.8 Å². The smallest absolute Gasteiger partial charge is 0.0704 e. The molecule has 0 aliphatic carbocycles. The first-order valence-corrected chi connectivity index (χ1v) is 5.20. The van der Waals surface area contributed by atoms with Crippen molar-refractivity contribution in [2.75, 3.05) is 46.6 Å². The molecule has 0 fully saturated rings. The minimum absolute atomic E-state index is 0.229. The summed E-state index contributed by atoms with van der Waals surface area (Å²) in [4.78, 5) is 0. The molecule has 1 atom stereocenters. The fourth-order valence-electron chi connectivity index (χ4n) is 0.991. The average molecular weight is 205 g/mol. The minimum Gasteiger partial charge on any atom is -0.383 e. The highest BCUT2D eigenvalue weighted by atomic mass is 16.5. The van der Waals surface area contributed by atoms with Crippen LogP contribution in [0.3, 0.4) is 0 Å². The molecule has 0 aliphatic rings. The molecule has 0 bridgehead atoms. The Morgan fingerprint density at radius 2 is 2.00 bits per heavy atom. The van der Waals surface area contributed by atoms with Gasteiger partial charge in [-0.2, -0.15) is 0 Å². The maximum absolute atomic E-state index is 5.50. The van der Waals surface area contributed by atoms with Gasteiger partial charge in [0.2, 0.25) is 0 Å². The second kappa shape index (κ2) is 10.9. The van der Waals surface area contributed by atoms with Crippen LogP contribution >= 0.6 is 0 Å². The lowest BCUT2D eigenvalue weighted by Crippen LogP contribution is -2.30. The van der Waals surface area contributed by atoms with Crippen LogP contribution in [0.25, 0.3) is 0 Å². The number of ether oxygens (including phenoxy) is 3. The molecule has 0 heterocycles. The predicted octanol–water partition coefficient (Wildman–Crippen LogP) is 0.664. The summed E-state index contributed by atoms with van der Waals surface area (Å²) >= 11 is 0. The summed E-state index contributed by atoms with van der Waals surface area (Å²) in [5.74, 6) is 0. The van der Waals surface area contributed by atoms with Gasteiger partial charge in [-0.3, -0.25) is 0 Å². The summed E-state index contributed by atoms with van der Waals surface area (Å²) < 4.78 is 15.6. The fraction of sp³-hybridized carbons (Fsp3) is 1.00. The lowest BCUT2D eigenvalue weighted by Gasteiger charge is -2.13. The summed E-state index contributed by atoms with van der Waals surface area (Å²) in [5.41, 5.74) is 0. The second-order valence-electron chi connectivity index (χ2n) is 3.08. The molecule has 0 aliphatic heterocycles. The normalized spacial score (nSPS) is 13.1. The van der Waals surface area contributed by atoms with Gasteiger partial charge in [-0.05, 0) is 13.8 Å². The van der Waals surface area contributed by atoms with Crippen molar-refractivity contribution < 1.29 is 14.2 Å². The molecule has 0 spiro atoms. The summed E-state index contributed by atoms with van der Waals surface area (Å²) in [6.45, 7) is 8.60. The van der Waals surface area contributed by atoms with Gasteiger partial charge >= 0.3 is 0 Å². The molecule has 1 N–H and O–H groups in total. The van der Waals surface area contributed by atoms with Crippen LogP contribution in [-0.4, -0.2) is 52.7 Å². The van der Waals surface area contributed by atoms with E-state index in [-0.39, 0.29) is 6.10 Å². The molecule has 4 nitrogen and oxygen atoms in total. The molecule has 0 aromatic carbocycles. The van der Waals surface area contributed by atoms with E-state index >= 15 is 0 Å². The number of nitrogens with one attached hydrogen (secondary N) is 1. The first-order valence-electron chi connectivity index (χ1n) is 5.20. The lowest BCUT2D eigenvalue weighted by molar-refractivity contribution is 0.0154. The topological polar surface area (TPSA) is 39.7 Å². The molecule has 0 amide bonds. The third kappa shape index (κ3) is 9.92. The van der Waals surface area contributed by atoms with Crippen molar-refractivity contribution in [1.29, 1.82) is 0 Å². The standard InChI is InChI=1S/C10H23NO3/c1-4-13-7-8-14-10(2)9-11-5-6-12-3/h10-11H,4-9H2,1-3H3. The Kier molecular flexibility index (Phi) is 10.8. The Morgan fingerprint density at radius 1 is 1.21 bits per heavy atom. The van der Waals surface area contributed by atoms with Crippen LogP contribution in [0.4, 0.5) is 0 Å². The third-order valence-corrected chi connectivity index (χ3v) is 1.75. The fourth-order valence-corrected chi connectivity index (χ4v) is 0.991. The van der Waals surface area contributed by atoms with Gasteiger partial charge in [0.05, 0.1) is 25.9 Å². The Hall–Kier alpha value is -0.160. The van der Waals surface area contributed by atoms with Gasteiger partial charge in [-0.15, -0.1) is 0 Å². The van der Waals surface area contributed by atoms with E-state index in [0.717, 1.165) is 26.3 Å². The van der Waals surface area contributed by atoms with E-state index in [9.17, 15) is 0 Å². The Morgan fingerprint density at radius 3 is 2.64 bits per heavy atom. The van der Waals surface area contributed by atoms with Crippen LogP contribution in [0.1, 0.15) is 13.8 Å². The van der Waals surface area contributed by atoms with Gasteiger partial charge in [0.15, 0.2) is 0 Å². The number of methoxy groups -OCH3 is 1.